The molecule has 6 heteroatoms. The van der Waals surface area contributed by atoms with Crippen LogP contribution in [-0.4, -0.2) is 40.4 Å². The first-order chi connectivity index (χ1) is 13.1. The molecule has 0 aliphatic carbocycles. The lowest BCUT2D eigenvalue weighted by molar-refractivity contribution is 0.391. The molecule has 0 amide bonds. The molecular formula is C21H32N6. The van der Waals surface area contributed by atoms with Crippen molar-refractivity contribution in [1.82, 2.24) is 25.4 Å². The summed E-state index contributed by atoms with van der Waals surface area (Å²) in [6.45, 7) is 8.17. The number of aromatic nitrogens is 3. The Labute approximate surface area is 162 Å². The van der Waals surface area contributed by atoms with Gasteiger partial charge < -0.3 is 10.6 Å². The fraction of sp³-hybridized carbons (Fsp3) is 0.571. The number of nitrogens with one attached hydrogen (secondary N) is 2. The Bertz CT molecular complexity index is 759. The van der Waals surface area contributed by atoms with E-state index in [4.69, 9.17) is 0 Å². The van der Waals surface area contributed by atoms with Crippen LogP contribution in [0.2, 0.25) is 0 Å². The van der Waals surface area contributed by atoms with Crippen molar-refractivity contribution in [2.24, 2.45) is 4.99 Å². The number of rotatable bonds is 6. The number of nitrogens with zero attached hydrogens (tertiary/aromatic N) is 4. The molecule has 0 bridgehead atoms. The molecule has 0 radical (unpaired) electrons. The molecule has 146 valence electrons. The average Bonchev–Trinajstić information content (AvgIpc) is 3.11. The van der Waals surface area contributed by atoms with Gasteiger partial charge in [0, 0.05) is 32.0 Å². The first kappa shape index (κ1) is 19.4. The lowest BCUT2D eigenvalue weighted by Gasteiger charge is -2.25. The van der Waals surface area contributed by atoms with Gasteiger partial charge in [0.25, 0.3) is 0 Å². The zero-order chi connectivity index (χ0) is 19.2. The van der Waals surface area contributed by atoms with Crippen molar-refractivity contribution in [2.75, 3.05) is 13.6 Å². The van der Waals surface area contributed by atoms with Gasteiger partial charge in [-0.05, 0) is 30.4 Å². The molecular weight excluding hydrogens is 336 g/mol. The molecule has 0 spiro atoms. The number of aryl methyl sites for hydroxylation is 2. The van der Waals surface area contributed by atoms with Crippen LogP contribution in [0.1, 0.15) is 55.9 Å². The van der Waals surface area contributed by atoms with Crippen LogP contribution in [0.5, 0.6) is 0 Å². The molecule has 27 heavy (non-hydrogen) atoms. The maximum atomic E-state index is 4.66. The van der Waals surface area contributed by atoms with Crippen molar-refractivity contribution in [2.45, 2.75) is 65.0 Å². The SMILES string of the molecule is CCc1ccc(CCNC(=NC)NC2CCc3nc(C(C)C)nn3C2)cc1. The molecule has 0 fully saturated rings. The highest BCUT2D eigenvalue weighted by molar-refractivity contribution is 5.79. The molecule has 1 aromatic carbocycles. The normalized spacial score (nSPS) is 17.1. The monoisotopic (exact) mass is 368 g/mol. The van der Waals surface area contributed by atoms with Gasteiger partial charge in [0.15, 0.2) is 11.8 Å². The van der Waals surface area contributed by atoms with E-state index < -0.39 is 0 Å². The third-order valence-electron chi connectivity index (χ3n) is 5.09. The van der Waals surface area contributed by atoms with Crippen LogP contribution in [0.25, 0.3) is 0 Å². The van der Waals surface area contributed by atoms with Crippen LogP contribution in [0, 0.1) is 0 Å². The van der Waals surface area contributed by atoms with Crippen molar-refractivity contribution in [3.8, 4) is 0 Å². The molecule has 2 N–H and O–H groups in total. The summed E-state index contributed by atoms with van der Waals surface area (Å²) in [6.07, 6.45) is 4.08. The summed E-state index contributed by atoms with van der Waals surface area (Å²) in [6, 6.07) is 9.19. The Kier molecular flexibility index (Phi) is 6.48. The molecule has 1 aliphatic heterocycles. The molecule has 3 rings (SSSR count). The standard InChI is InChI=1S/C21H32N6/c1-5-16-6-8-17(9-7-16)12-13-23-21(22-4)24-18-10-11-19-25-20(15(2)3)26-27(19)14-18/h6-9,15,18H,5,10-14H2,1-4H3,(H2,22,23,24). The van der Waals surface area contributed by atoms with E-state index >= 15 is 0 Å². The smallest absolute Gasteiger partial charge is 0.191 e. The first-order valence-electron chi connectivity index (χ1n) is 10.1. The molecule has 2 heterocycles. The van der Waals surface area contributed by atoms with Crippen molar-refractivity contribution in [3.63, 3.8) is 0 Å². The van der Waals surface area contributed by atoms with Gasteiger partial charge in [-0.25, -0.2) is 9.67 Å². The molecule has 6 nitrogen and oxygen atoms in total. The van der Waals surface area contributed by atoms with Crippen LogP contribution in [0.15, 0.2) is 29.3 Å². The third-order valence-corrected chi connectivity index (χ3v) is 5.09. The Morgan fingerprint density at radius 1 is 1.26 bits per heavy atom. The second kappa shape index (κ2) is 9.02. The summed E-state index contributed by atoms with van der Waals surface area (Å²) in [4.78, 5) is 9.04. The minimum atomic E-state index is 0.328. The van der Waals surface area contributed by atoms with E-state index in [1.165, 1.54) is 11.1 Å². The van der Waals surface area contributed by atoms with Gasteiger partial charge in [-0.1, -0.05) is 45.0 Å². The van der Waals surface area contributed by atoms with Crippen LogP contribution < -0.4 is 10.6 Å². The summed E-state index contributed by atoms with van der Waals surface area (Å²) >= 11 is 0. The number of fused-ring (bicyclic) bond motifs is 1. The molecule has 1 aromatic heterocycles. The van der Waals surface area contributed by atoms with E-state index in [9.17, 15) is 0 Å². The highest BCUT2D eigenvalue weighted by Gasteiger charge is 2.23. The zero-order valence-corrected chi connectivity index (χ0v) is 17.0. The number of hydrogen-bond acceptors (Lipinski definition) is 3. The van der Waals surface area contributed by atoms with Gasteiger partial charge in [-0.3, -0.25) is 4.99 Å². The van der Waals surface area contributed by atoms with E-state index in [1.807, 2.05) is 7.05 Å². The fourth-order valence-electron chi connectivity index (χ4n) is 3.35. The Balaban J connectivity index is 1.48. The summed E-state index contributed by atoms with van der Waals surface area (Å²) in [5, 5.41) is 11.6. The maximum Gasteiger partial charge on any atom is 0.191 e. The van der Waals surface area contributed by atoms with Crippen molar-refractivity contribution >= 4 is 5.96 Å². The Morgan fingerprint density at radius 2 is 2.00 bits per heavy atom. The zero-order valence-electron chi connectivity index (χ0n) is 17.0. The van der Waals surface area contributed by atoms with E-state index in [0.717, 1.165) is 56.4 Å². The summed E-state index contributed by atoms with van der Waals surface area (Å²) in [7, 11) is 1.83. The van der Waals surface area contributed by atoms with Crippen LogP contribution in [0.4, 0.5) is 0 Å². The predicted octanol–water partition coefficient (Wildman–Crippen LogP) is 2.69. The number of guanidine groups is 1. The van der Waals surface area contributed by atoms with Crippen LogP contribution in [-0.2, 0) is 25.8 Å². The Hall–Kier alpha value is -2.37. The fourth-order valence-corrected chi connectivity index (χ4v) is 3.35. The number of benzene rings is 1. The molecule has 0 saturated carbocycles. The average molecular weight is 369 g/mol. The largest absolute Gasteiger partial charge is 0.356 e. The second-order valence-corrected chi connectivity index (χ2v) is 7.52. The highest BCUT2D eigenvalue weighted by Crippen LogP contribution is 2.16. The summed E-state index contributed by atoms with van der Waals surface area (Å²) in [5.74, 6) is 3.28. The van der Waals surface area contributed by atoms with E-state index in [0.29, 0.717) is 12.0 Å². The quantitative estimate of drug-likeness (QED) is 0.608. The minimum Gasteiger partial charge on any atom is -0.356 e. The van der Waals surface area contributed by atoms with Crippen molar-refractivity contribution in [1.29, 1.82) is 0 Å². The van der Waals surface area contributed by atoms with E-state index in [1.54, 1.807) is 0 Å². The summed E-state index contributed by atoms with van der Waals surface area (Å²) < 4.78 is 2.05. The van der Waals surface area contributed by atoms with Gasteiger partial charge in [0.1, 0.15) is 5.82 Å². The van der Waals surface area contributed by atoms with Crippen LogP contribution in [0.3, 0.4) is 0 Å². The van der Waals surface area contributed by atoms with E-state index in [2.05, 4.69) is 75.4 Å². The van der Waals surface area contributed by atoms with Gasteiger partial charge in [0.2, 0.25) is 0 Å². The second-order valence-electron chi connectivity index (χ2n) is 7.52. The third kappa shape index (κ3) is 5.08. The number of hydrogen-bond donors (Lipinski definition) is 2. The van der Waals surface area contributed by atoms with Crippen molar-refractivity contribution in [3.05, 3.63) is 47.0 Å². The minimum absolute atomic E-state index is 0.328. The lowest BCUT2D eigenvalue weighted by Crippen LogP contribution is -2.47. The molecule has 1 atom stereocenters. The van der Waals surface area contributed by atoms with Gasteiger partial charge in [-0.2, -0.15) is 5.10 Å². The Morgan fingerprint density at radius 3 is 2.67 bits per heavy atom. The molecule has 1 unspecified atom stereocenters. The molecule has 0 saturated heterocycles. The topological polar surface area (TPSA) is 67.1 Å². The van der Waals surface area contributed by atoms with Gasteiger partial charge >= 0.3 is 0 Å². The van der Waals surface area contributed by atoms with E-state index in [-0.39, 0.29) is 0 Å². The molecule has 2 aromatic rings. The van der Waals surface area contributed by atoms with Crippen LogP contribution >= 0.6 is 0 Å². The first-order valence-corrected chi connectivity index (χ1v) is 10.1. The number of aliphatic imine (C=N–C) groups is 1. The van der Waals surface area contributed by atoms with Crippen molar-refractivity contribution < 1.29 is 0 Å². The molecule has 1 aliphatic rings. The maximum absolute atomic E-state index is 4.66. The highest BCUT2D eigenvalue weighted by atomic mass is 15.4. The van der Waals surface area contributed by atoms with Gasteiger partial charge in [0.05, 0.1) is 6.54 Å². The summed E-state index contributed by atoms with van der Waals surface area (Å²) in [5.41, 5.74) is 2.73. The predicted molar refractivity (Wildman–Crippen MR) is 110 cm³/mol. The lowest BCUT2D eigenvalue weighted by atomic mass is 10.1. The van der Waals surface area contributed by atoms with Gasteiger partial charge in [-0.15, -0.1) is 0 Å².